The van der Waals surface area contributed by atoms with Crippen LogP contribution in [0.2, 0.25) is 0 Å². The highest BCUT2D eigenvalue weighted by atomic mass is 16.6. The van der Waals surface area contributed by atoms with Crippen LogP contribution in [0.3, 0.4) is 0 Å². The average Bonchev–Trinajstić information content (AvgIpc) is 1.96. The molecular weight excluding hydrogens is 206 g/mol. The van der Waals surface area contributed by atoms with E-state index in [1.54, 1.807) is 27.7 Å². The Morgan fingerprint density at radius 1 is 1.06 bits per heavy atom. The zero-order chi connectivity index (χ0) is 13.1. The van der Waals surface area contributed by atoms with E-state index in [9.17, 15) is 9.59 Å². The third-order valence-electron chi connectivity index (χ3n) is 1.87. The van der Waals surface area contributed by atoms with Crippen LogP contribution in [0.4, 0.5) is 4.79 Å². The van der Waals surface area contributed by atoms with Crippen LogP contribution in [0.1, 0.15) is 48.5 Å². The molecule has 0 aromatic rings. The number of hydrogen-bond acceptors (Lipinski definition) is 3. The van der Waals surface area contributed by atoms with Gasteiger partial charge in [0.1, 0.15) is 5.60 Å². The van der Waals surface area contributed by atoms with Crippen molar-refractivity contribution in [2.45, 2.75) is 60.1 Å². The number of hydrogen-bond donors (Lipinski definition) is 1. The fraction of sp³-hybridized carbons (Fsp3) is 0.833. The summed E-state index contributed by atoms with van der Waals surface area (Å²) in [6, 6.07) is -0.533. The molecule has 0 fully saturated rings. The summed E-state index contributed by atoms with van der Waals surface area (Å²) >= 11 is 0. The first kappa shape index (κ1) is 14.9. The number of ether oxygens (including phenoxy) is 1. The quantitative estimate of drug-likeness (QED) is 0.791. The molecule has 0 aromatic heterocycles. The Labute approximate surface area is 97.7 Å². The van der Waals surface area contributed by atoms with Crippen molar-refractivity contribution >= 4 is 11.9 Å². The molecule has 1 atom stereocenters. The summed E-state index contributed by atoms with van der Waals surface area (Å²) in [6.07, 6.45) is -0.558. The third-order valence-corrected chi connectivity index (χ3v) is 1.87. The molecule has 94 valence electrons. The lowest BCUT2D eigenvalue weighted by Gasteiger charge is -2.25. The zero-order valence-corrected chi connectivity index (χ0v) is 11.3. The van der Waals surface area contributed by atoms with Gasteiger partial charge in [0.2, 0.25) is 0 Å². The molecule has 4 heteroatoms. The minimum atomic E-state index is -0.558. The standard InChI is InChI=1S/C12H23NO3/c1-8(9(14)11(2,3)4)13-10(15)16-12(5,6)7/h8H,1-7H3,(H,13,15)/t8-/m1/s1. The van der Waals surface area contributed by atoms with E-state index in [0.717, 1.165) is 0 Å². The Hall–Kier alpha value is -1.06. The molecule has 1 N–H and O–H groups in total. The first-order chi connectivity index (χ1) is 6.93. The monoisotopic (exact) mass is 229 g/mol. The minimum absolute atomic E-state index is 0.0154. The van der Waals surface area contributed by atoms with Gasteiger partial charge in [0.25, 0.3) is 0 Å². The predicted octanol–water partition coefficient (Wildman–Crippen LogP) is 2.51. The van der Waals surface area contributed by atoms with E-state index in [1.807, 2.05) is 20.8 Å². The number of nitrogens with one attached hydrogen (secondary N) is 1. The molecule has 0 aliphatic rings. The molecule has 0 saturated heterocycles. The van der Waals surface area contributed by atoms with Crippen molar-refractivity contribution in [3.8, 4) is 0 Å². The summed E-state index contributed by atoms with van der Waals surface area (Å²) < 4.78 is 5.07. The molecule has 0 spiro atoms. The van der Waals surface area contributed by atoms with Crippen molar-refractivity contribution in [2.75, 3.05) is 0 Å². The van der Waals surface area contributed by atoms with Gasteiger partial charge in [0.15, 0.2) is 5.78 Å². The second-order valence-corrected chi connectivity index (χ2v) is 5.98. The largest absolute Gasteiger partial charge is 0.444 e. The highest BCUT2D eigenvalue weighted by Gasteiger charge is 2.28. The van der Waals surface area contributed by atoms with E-state index in [4.69, 9.17) is 4.74 Å². The second-order valence-electron chi connectivity index (χ2n) is 5.98. The molecule has 4 nitrogen and oxygen atoms in total. The number of ketones is 1. The van der Waals surface area contributed by atoms with E-state index in [0.29, 0.717) is 0 Å². The van der Waals surface area contributed by atoms with E-state index in [2.05, 4.69) is 5.32 Å². The molecule has 0 bridgehead atoms. The van der Waals surface area contributed by atoms with Crippen LogP contribution in [-0.2, 0) is 9.53 Å². The lowest BCUT2D eigenvalue weighted by molar-refractivity contribution is -0.128. The first-order valence-corrected chi connectivity index (χ1v) is 5.47. The maximum atomic E-state index is 11.8. The van der Waals surface area contributed by atoms with Crippen molar-refractivity contribution < 1.29 is 14.3 Å². The summed E-state index contributed by atoms with van der Waals surface area (Å²) in [5.41, 5.74) is -1.01. The predicted molar refractivity (Wildman–Crippen MR) is 63.3 cm³/mol. The first-order valence-electron chi connectivity index (χ1n) is 5.47. The fourth-order valence-electron chi connectivity index (χ4n) is 1.20. The Bertz CT molecular complexity index is 271. The second kappa shape index (κ2) is 4.85. The molecule has 0 radical (unpaired) electrons. The molecule has 0 aliphatic carbocycles. The number of alkyl carbamates (subject to hydrolysis) is 1. The summed E-state index contributed by atoms with van der Waals surface area (Å²) in [5, 5.41) is 2.53. The van der Waals surface area contributed by atoms with Gasteiger partial charge in [-0.25, -0.2) is 4.79 Å². The molecule has 0 aromatic carbocycles. The highest BCUT2D eigenvalue weighted by Crippen LogP contribution is 2.17. The van der Waals surface area contributed by atoms with Gasteiger partial charge in [-0.05, 0) is 27.7 Å². The Morgan fingerprint density at radius 2 is 1.50 bits per heavy atom. The number of amides is 1. The summed E-state index contributed by atoms with van der Waals surface area (Å²) in [4.78, 5) is 23.2. The lowest BCUT2D eigenvalue weighted by atomic mass is 9.87. The van der Waals surface area contributed by atoms with E-state index < -0.39 is 23.2 Å². The molecule has 0 aliphatic heterocycles. The van der Waals surface area contributed by atoms with Gasteiger partial charge in [-0.2, -0.15) is 0 Å². The van der Waals surface area contributed by atoms with Gasteiger partial charge in [-0.15, -0.1) is 0 Å². The van der Waals surface area contributed by atoms with Crippen LogP contribution >= 0.6 is 0 Å². The van der Waals surface area contributed by atoms with Crippen LogP contribution < -0.4 is 5.32 Å². The molecule has 0 unspecified atom stereocenters. The summed E-state index contributed by atoms with van der Waals surface area (Å²) in [7, 11) is 0. The zero-order valence-electron chi connectivity index (χ0n) is 11.3. The summed E-state index contributed by atoms with van der Waals surface area (Å²) in [6.45, 7) is 12.5. The van der Waals surface area contributed by atoms with E-state index >= 15 is 0 Å². The van der Waals surface area contributed by atoms with Crippen LogP contribution in [0, 0.1) is 5.41 Å². The molecule has 0 saturated carbocycles. The number of carbonyl (C=O) groups is 2. The van der Waals surface area contributed by atoms with Crippen molar-refractivity contribution in [3.63, 3.8) is 0 Å². The fourth-order valence-corrected chi connectivity index (χ4v) is 1.20. The van der Waals surface area contributed by atoms with Gasteiger partial charge >= 0.3 is 6.09 Å². The lowest BCUT2D eigenvalue weighted by Crippen LogP contribution is -2.45. The minimum Gasteiger partial charge on any atom is -0.444 e. The van der Waals surface area contributed by atoms with Crippen molar-refractivity contribution in [2.24, 2.45) is 5.41 Å². The molecule has 16 heavy (non-hydrogen) atoms. The summed E-state index contributed by atoms with van der Waals surface area (Å²) in [5.74, 6) is -0.0154. The molecular formula is C12H23NO3. The Kier molecular flexibility index (Phi) is 4.53. The van der Waals surface area contributed by atoms with Crippen LogP contribution in [0.15, 0.2) is 0 Å². The van der Waals surface area contributed by atoms with E-state index in [-0.39, 0.29) is 5.78 Å². The number of rotatable bonds is 2. The number of Topliss-reactive ketones (excluding diaryl/α,β-unsaturated/α-hetero) is 1. The topological polar surface area (TPSA) is 55.4 Å². The maximum Gasteiger partial charge on any atom is 0.408 e. The van der Waals surface area contributed by atoms with Gasteiger partial charge < -0.3 is 10.1 Å². The van der Waals surface area contributed by atoms with Gasteiger partial charge in [0.05, 0.1) is 6.04 Å². The molecule has 1 amide bonds. The van der Waals surface area contributed by atoms with Gasteiger partial charge in [-0.1, -0.05) is 20.8 Å². The average molecular weight is 229 g/mol. The van der Waals surface area contributed by atoms with Crippen LogP contribution in [0.5, 0.6) is 0 Å². The van der Waals surface area contributed by atoms with E-state index in [1.165, 1.54) is 0 Å². The molecule has 0 rings (SSSR count). The molecule has 0 heterocycles. The van der Waals surface area contributed by atoms with Gasteiger partial charge in [-0.3, -0.25) is 4.79 Å². The SMILES string of the molecule is C[C@@H](NC(=O)OC(C)(C)C)C(=O)C(C)(C)C. The van der Waals surface area contributed by atoms with Crippen molar-refractivity contribution in [1.29, 1.82) is 0 Å². The van der Waals surface area contributed by atoms with Crippen molar-refractivity contribution in [1.82, 2.24) is 5.32 Å². The smallest absolute Gasteiger partial charge is 0.408 e. The van der Waals surface area contributed by atoms with Crippen molar-refractivity contribution in [3.05, 3.63) is 0 Å². The Balaban J connectivity index is 4.32. The van der Waals surface area contributed by atoms with Gasteiger partial charge in [0, 0.05) is 5.41 Å². The normalized spacial score (nSPS) is 14.2. The van der Waals surface area contributed by atoms with Crippen LogP contribution in [0.25, 0.3) is 0 Å². The maximum absolute atomic E-state index is 11.8. The third kappa shape index (κ3) is 5.73. The van der Waals surface area contributed by atoms with Crippen LogP contribution in [-0.4, -0.2) is 23.5 Å². The highest BCUT2D eigenvalue weighted by molar-refractivity contribution is 5.90. The Morgan fingerprint density at radius 3 is 1.81 bits per heavy atom. The number of carbonyl (C=O) groups excluding carboxylic acids is 2.